The number of benzene rings is 1. The summed E-state index contributed by atoms with van der Waals surface area (Å²) < 4.78 is 8.77. The average Bonchev–Trinajstić information content (AvgIpc) is 2.84. The zero-order valence-electron chi connectivity index (χ0n) is 11.9. The molecule has 0 fully saturated rings. The third-order valence-corrected chi connectivity index (χ3v) is 5.16. The van der Waals surface area contributed by atoms with Crippen molar-refractivity contribution >= 4 is 27.7 Å². The number of hydrogen-bond acceptors (Lipinski definition) is 5. The summed E-state index contributed by atoms with van der Waals surface area (Å²) in [6.07, 6.45) is 0.0401. The first-order valence-electron chi connectivity index (χ1n) is 6.87. The molecule has 1 aromatic carbocycles. The van der Waals surface area contributed by atoms with E-state index in [1.807, 2.05) is 37.0 Å². The number of nitrogens with zero attached hydrogens (tertiary/aromatic N) is 3. The minimum Gasteiger partial charge on any atom is -0.486 e. The fraction of sp³-hybridized carbons (Fsp3) is 0.429. The van der Waals surface area contributed by atoms with Crippen LogP contribution in [0.3, 0.4) is 0 Å². The molecule has 3 rings (SSSR count). The molecular weight excluding hydrogens is 352 g/mol. The van der Waals surface area contributed by atoms with Crippen LogP contribution < -0.4 is 10.1 Å². The van der Waals surface area contributed by atoms with E-state index in [9.17, 15) is 0 Å². The summed E-state index contributed by atoms with van der Waals surface area (Å²) in [4.78, 5) is 1.20. The molecule has 0 amide bonds. The zero-order chi connectivity index (χ0) is 14.8. The Kier molecular flexibility index (Phi) is 4.51. The highest BCUT2D eigenvalue weighted by molar-refractivity contribution is 9.10. The van der Waals surface area contributed by atoms with Gasteiger partial charge in [0.2, 0.25) is 0 Å². The Morgan fingerprint density at radius 1 is 1.52 bits per heavy atom. The fourth-order valence-corrected chi connectivity index (χ4v) is 4.10. The van der Waals surface area contributed by atoms with E-state index >= 15 is 0 Å². The van der Waals surface area contributed by atoms with Crippen molar-refractivity contribution < 1.29 is 4.74 Å². The smallest absolute Gasteiger partial charge is 0.153 e. The number of thioether (sulfide) groups is 1. The zero-order valence-corrected chi connectivity index (χ0v) is 14.3. The van der Waals surface area contributed by atoms with E-state index in [0.29, 0.717) is 0 Å². The molecule has 2 heterocycles. The lowest BCUT2D eigenvalue weighted by Crippen LogP contribution is -2.40. The van der Waals surface area contributed by atoms with Crippen LogP contribution >= 0.6 is 27.7 Å². The average molecular weight is 369 g/mol. The lowest BCUT2D eigenvalue weighted by Gasteiger charge is -2.32. The highest BCUT2D eigenvalue weighted by atomic mass is 79.9. The van der Waals surface area contributed by atoms with Crippen molar-refractivity contribution in [3.05, 3.63) is 34.6 Å². The monoisotopic (exact) mass is 368 g/mol. The van der Waals surface area contributed by atoms with Crippen molar-refractivity contribution in [1.29, 1.82) is 0 Å². The van der Waals surface area contributed by atoms with Crippen molar-refractivity contribution in [1.82, 2.24) is 20.3 Å². The van der Waals surface area contributed by atoms with Crippen molar-refractivity contribution in [2.75, 3.05) is 12.3 Å². The normalized spacial score (nSPS) is 18.9. The van der Waals surface area contributed by atoms with E-state index in [-0.39, 0.29) is 12.1 Å². The fourth-order valence-electron chi connectivity index (χ4n) is 2.49. The molecular formula is C14H17BrN4OS. The van der Waals surface area contributed by atoms with Gasteiger partial charge in [-0.25, -0.2) is 4.68 Å². The summed E-state index contributed by atoms with van der Waals surface area (Å²) in [6.45, 7) is 2.95. The molecule has 2 unspecified atom stereocenters. The van der Waals surface area contributed by atoms with Crippen LogP contribution in [-0.2, 0) is 7.05 Å². The minimum atomic E-state index is 0.0401. The van der Waals surface area contributed by atoms with Gasteiger partial charge in [-0.05, 0) is 34.6 Å². The van der Waals surface area contributed by atoms with E-state index in [0.717, 1.165) is 28.3 Å². The van der Waals surface area contributed by atoms with Crippen molar-refractivity contribution in [2.24, 2.45) is 7.05 Å². The molecule has 1 aliphatic rings. The summed E-state index contributed by atoms with van der Waals surface area (Å²) in [5.74, 6) is 1.85. The second kappa shape index (κ2) is 6.37. The van der Waals surface area contributed by atoms with Crippen LogP contribution in [0.1, 0.15) is 18.7 Å². The predicted molar refractivity (Wildman–Crippen MR) is 86.7 cm³/mol. The van der Waals surface area contributed by atoms with Crippen LogP contribution in [-0.4, -0.2) is 33.4 Å². The Morgan fingerprint density at radius 2 is 2.33 bits per heavy atom. The number of rotatable bonds is 4. The van der Waals surface area contributed by atoms with Crippen molar-refractivity contribution in [3.8, 4) is 5.75 Å². The van der Waals surface area contributed by atoms with E-state index < -0.39 is 0 Å². The van der Waals surface area contributed by atoms with Gasteiger partial charge in [0.15, 0.2) is 4.60 Å². The Morgan fingerprint density at radius 3 is 3.05 bits per heavy atom. The van der Waals surface area contributed by atoms with Crippen LogP contribution in [0.4, 0.5) is 0 Å². The van der Waals surface area contributed by atoms with E-state index in [4.69, 9.17) is 4.74 Å². The van der Waals surface area contributed by atoms with Gasteiger partial charge in [-0.2, -0.15) is 0 Å². The molecule has 112 valence electrons. The molecule has 0 spiro atoms. The van der Waals surface area contributed by atoms with Crippen LogP contribution in [0, 0.1) is 0 Å². The third-order valence-electron chi connectivity index (χ3n) is 3.45. The number of para-hydroxylation sites is 1. The van der Waals surface area contributed by atoms with Gasteiger partial charge >= 0.3 is 0 Å². The maximum Gasteiger partial charge on any atom is 0.153 e. The summed E-state index contributed by atoms with van der Waals surface area (Å²) in [5, 5.41) is 11.7. The Bertz CT molecular complexity index is 614. The molecule has 2 aromatic rings. The SMILES string of the molecule is CCNC(c1c(Br)nnn1C)C1CSc2ccccc2O1. The van der Waals surface area contributed by atoms with Gasteiger partial charge in [0.05, 0.1) is 11.7 Å². The number of nitrogens with one attached hydrogen (secondary N) is 1. The summed E-state index contributed by atoms with van der Waals surface area (Å²) in [5.41, 5.74) is 1.02. The van der Waals surface area contributed by atoms with Gasteiger partial charge < -0.3 is 10.1 Å². The standard InChI is InChI=1S/C14H17BrN4OS/c1-3-16-12(13-14(15)17-18-19(13)2)10-8-21-11-7-5-4-6-9(11)20-10/h4-7,10,12,16H,3,8H2,1-2H3. The lowest BCUT2D eigenvalue weighted by atomic mass is 10.1. The highest BCUT2D eigenvalue weighted by Crippen LogP contribution is 2.38. The van der Waals surface area contributed by atoms with E-state index in [1.54, 1.807) is 4.68 Å². The van der Waals surface area contributed by atoms with Gasteiger partial charge in [0, 0.05) is 17.7 Å². The first-order chi connectivity index (χ1) is 10.2. The number of hydrogen-bond donors (Lipinski definition) is 1. The van der Waals surface area contributed by atoms with Gasteiger partial charge in [-0.1, -0.05) is 24.3 Å². The topological polar surface area (TPSA) is 52.0 Å². The maximum atomic E-state index is 6.21. The number of fused-ring (bicyclic) bond motifs is 1. The molecule has 0 saturated carbocycles. The number of aryl methyl sites for hydroxylation is 1. The number of ether oxygens (including phenoxy) is 1. The quantitative estimate of drug-likeness (QED) is 0.898. The van der Waals surface area contributed by atoms with Crippen LogP contribution in [0.25, 0.3) is 0 Å². The van der Waals surface area contributed by atoms with Gasteiger partial charge in [0.1, 0.15) is 11.9 Å². The molecule has 21 heavy (non-hydrogen) atoms. The number of halogens is 1. The van der Waals surface area contributed by atoms with Crippen LogP contribution in [0.5, 0.6) is 5.75 Å². The molecule has 5 nitrogen and oxygen atoms in total. The largest absolute Gasteiger partial charge is 0.486 e. The van der Waals surface area contributed by atoms with Gasteiger partial charge in [-0.3, -0.25) is 0 Å². The molecule has 1 aromatic heterocycles. The number of aromatic nitrogens is 3. The molecule has 7 heteroatoms. The predicted octanol–water partition coefficient (Wildman–Crippen LogP) is 2.78. The van der Waals surface area contributed by atoms with Crippen LogP contribution in [0.15, 0.2) is 33.8 Å². The van der Waals surface area contributed by atoms with Crippen LogP contribution in [0.2, 0.25) is 0 Å². The molecule has 0 radical (unpaired) electrons. The Balaban J connectivity index is 1.89. The Labute approximate surface area is 136 Å². The first-order valence-corrected chi connectivity index (χ1v) is 8.65. The Hall–Kier alpha value is -1.05. The van der Waals surface area contributed by atoms with E-state index in [1.165, 1.54) is 4.90 Å². The maximum absolute atomic E-state index is 6.21. The van der Waals surface area contributed by atoms with E-state index in [2.05, 4.69) is 44.5 Å². The molecule has 1 N–H and O–H groups in total. The second-order valence-electron chi connectivity index (χ2n) is 4.84. The molecule has 1 aliphatic heterocycles. The summed E-state index contributed by atoms with van der Waals surface area (Å²) in [7, 11) is 1.90. The molecule has 2 atom stereocenters. The van der Waals surface area contributed by atoms with Gasteiger partial charge in [0.25, 0.3) is 0 Å². The lowest BCUT2D eigenvalue weighted by molar-refractivity contribution is 0.163. The minimum absolute atomic E-state index is 0.0401. The summed E-state index contributed by atoms with van der Waals surface area (Å²) in [6, 6.07) is 8.21. The highest BCUT2D eigenvalue weighted by Gasteiger charge is 2.32. The third kappa shape index (κ3) is 2.95. The second-order valence-corrected chi connectivity index (χ2v) is 6.65. The molecule has 0 saturated heterocycles. The van der Waals surface area contributed by atoms with Crippen molar-refractivity contribution in [3.63, 3.8) is 0 Å². The first kappa shape index (κ1) is 14.9. The van der Waals surface area contributed by atoms with Crippen molar-refractivity contribution in [2.45, 2.75) is 24.0 Å². The molecule has 0 bridgehead atoms. The number of likely N-dealkylation sites (N-methyl/N-ethyl adjacent to an activating group) is 1. The molecule has 0 aliphatic carbocycles. The van der Waals surface area contributed by atoms with Gasteiger partial charge in [-0.15, -0.1) is 16.9 Å². The summed E-state index contributed by atoms with van der Waals surface area (Å²) >= 11 is 5.32.